The minimum Gasteiger partial charge on any atom is -0.493 e. The SMILES string of the molecule is COc1cc2c(cc1OC)[C@](CO)(c1ccccc1)NCC2. The molecule has 0 aromatic heterocycles. The lowest BCUT2D eigenvalue weighted by molar-refractivity contribution is 0.184. The Hall–Kier alpha value is -2.04. The number of aliphatic hydroxyl groups is 1. The summed E-state index contributed by atoms with van der Waals surface area (Å²) in [7, 11) is 3.27. The van der Waals surface area contributed by atoms with Crippen LogP contribution < -0.4 is 14.8 Å². The first-order valence-electron chi connectivity index (χ1n) is 7.42. The maximum absolute atomic E-state index is 10.2. The Bertz CT molecular complexity index is 657. The van der Waals surface area contributed by atoms with E-state index in [0.29, 0.717) is 5.75 Å². The predicted molar refractivity (Wildman–Crippen MR) is 85.6 cm³/mol. The fraction of sp³-hybridized carbons (Fsp3) is 0.333. The molecule has 2 aromatic rings. The maximum atomic E-state index is 10.2. The monoisotopic (exact) mass is 299 g/mol. The van der Waals surface area contributed by atoms with Crippen molar-refractivity contribution < 1.29 is 14.6 Å². The second-order valence-corrected chi connectivity index (χ2v) is 5.47. The van der Waals surface area contributed by atoms with Crippen LogP contribution in [0.4, 0.5) is 0 Å². The highest BCUT2D eigenvalue weighted by atomic mass is 16.5. The molecule has 0 aliphatic carbocycles. The highest BCUT2D eigenvalue weighted by molar-refractivity contribution is 5.54. The van der Waals surface area contributed by atoms with Gasteiger partial charge in [0.25, 0.3) is 0 Å². The van der Waals surface area contributed by atoms with Crippen LogP contribution in [0.5, 0.6) is 11.5 Å². The minimum absolute atomic E-state index is 0.0144. The molecule has 2 N–H and O–H groups in total. The first-order chi connectivity index (χ1) is 10.7. The van der Waals surface area contributed by atoms with Crippen LogP contribution >= 0.6 is 0 Å². The molecule has 0 unspecified atom stereocenters. The molecule has 2 aromatic carbocycles. The summed E-state index contributed by atoms with van der Waals surface area (Å²) in [5.74, 6) is 1.40. The molecule has 0 radical (unpaired) electrons. The van der Waals surface area contributed by atoms with E-state index in [9.17, 15) is 5.11 Å². The van der Waals surface area contributed by atoms with E-state index >= 15 is 0 Å². The van der Waals surface area contributed by atoms with Gasteiger partial charge in [-0.3, -0.25) is 0 Å². The smallest absolute Gasteiger partial charge is 0.161 e. The van der Waals surface area contributed by atoms with Crippen molar-refractivity contribution in [3.63, 3.8) is 0 Å². The van der Waals surface area contributed by atoms with E-state index in [1.54, 1.807) is 14.2 Å². The van der Waals surface area contributed by atoms with E-state index in [0.717, 1.165) is 29.8 Å². The largest absolute Gasteiger partial charge is 0.493 e. The van der Waals surface area contributed by atoms with Crippen molar-refractivity contribution in [3.8, 4) is 11.5 Å². The third-order valence-electron chi connectivity index (χ3n) is 4.39. The first-order valence-corrected chi connectivity index (χ1v) is 7.42. The molecular formula is C18H21NO3. The van der Waals surface area contributed by atoms with Crippen LogP contribution in [0.3, 0.4) is 0 Å². The predicted octanol–water partition coefficient (Wildman–Crippen LogP) is 2.09. The highest BCUT2D eigenvalue weighted by Gasteiger charge is 2.38. The zero-order valence-corrected chi connectivity index (χ0v) is 12.9. The third kappa shape index (κ3) is 2.25. The zero-order chi connectivity index (χ0) is 15.6. The van der Waals surface area contributed by atoms with Crippen molar-refractivity contribution in [2.75, 3.05) is 27.4 Å². The molecule has 0 bridgehead atoms. The molecule has 1 aliphatic heterocycles. The molecule has 0 saturated carbocycles. The van der Waals surface area contributed by atoms with Crippen LogP contribution in [0, 0.1) is 0 Å². The molecule has 4 heteroatoms. The molecule has 116 valence electrons. The van der Waals surface area contributed by atoms with Gasteiger partial charge in [-0.25, -0.2) is 0 Å². The minimum atomic E-state index is -0.603. The van der Waals surface area contributed by atoms with Crippen molar-refractivity contribution in [1.29, 1.82) is 0 Å². The van der Waals surface area contributed by atoms with Gasteiger partial charge in [0.15, 0.2) is 11.5 Å². The summed E-state index contributed by atoms with van der Waals surface area (Å²) in [4.78, 5) is 0. The molecule has 3 rings (SSSR count). The molecular weight excluding hydrogens is 278 g/mol. The van der Waals surface area contributed by atoms with Crippen LogP contribution in [-0.4, -0.2) is 32.5 Å². The van der Waals surface area contributed by atoms with E-state index in [4.69, 9.17) is 9.47 Å². The van der Waals surface area contributed by atoms with E-state index < -0.39 is 5.54 Å². The molecule has 0 fully saturated rings. The number of methoxy groups -OCH3 is 2. The Labute approximate surface area is 130 Å². The molecule has 0 saturated heterocycles. The van der Waals surface area contributed by atoms with Gasteiger partial charge in [-0.1, -0.05) is 30.3 Å². The van der Waals surface area contributed by atoms with Crippen LogP contribution in [-0.2, 0) is 12.0 Å². The number of fused-ring (bicyclic) bond motifs is 1. The van der Waals surface area contributed by atoms with Gasteiger partial charge in [0, 0.05) is 6.54 Å². The van der Waals surface area contributed by atoms with E-state index in [-0.39, 0.29) is 6.61 Å². The molecule has 4 nitrogen and oxygen atoms in total. The molecule has 22 heavy (non-hydrogen) atoms. The van der Waals surface area contributed by atoms with Gasteiger partial charge in [0.05, 0.1) is 26.4 Å². The number of nitrogens with one attached hydrogen (secondary N) is 1. The number of rotatable bonds is 4. The average Bonchev–Trinajstić information content (AvgIpc) is 2.60. The third-order valence-corrected chi connectivity index (χ3v) is 4.39. The van der Waals surface area contributed by atoms with E-state index in [2.05, 4.69) is 5.32 Å². The summed E-state index contributed by atoms with van der Waals surface area (Å²) in [6.45, 7) is 0.789. The normalized spacial score (nSPS) is 20.3. The summed E-state index contributed by atoms with van der Waals surface area (Å²) in [5, 5.41) is 13.7. The quantitative estimate of drug-likeness (QED) is 0.907. The van der Waals surface area contributed by atoms with Gasteiger partial charge < -0.3 is 19.9 Å². The lowest BCUT2D eigenvalue weighted by atomic mass is 9.77. The van der Waals surface area contributed by atoms with Gasteiger partial charge >= 0.3 is 0 Å². The van der Waals surface area contributed by atoms with Crippen LogP contribution in [0.25, 0.3) is 0 Å². The molecule has 1 aliphatic rings. The summed E-state index contributed by atoms with van der Waals surface area (Å²) in [6, 6.07) is 14.0. The Morgan fingerprint density at radius 2 is 1.77 bits per heavy atom. The molecule has 1 heterocycles. The second kappa shape index (κ2) is 5.99. The number of benzene rings is 2. The lowest BCUT2D eigenvalue weighted by Crippen LogP contribution is -2.50. The summed E-state index contributed by atoms with van der Waals surface area (Å²) >= 11 is 0. The maximum Gasteiger partial charge on any atom is 0.161 e. The second-order valence-electron chi connectivity index (χ2n) is 5.47. The fourth-order valence-electron chi connectivity index (χ4n) is 3.24. The van der Waals surface area contributed by atoms with Gasteiger partial charge in [-0.15, -0.1) is 0 Å². The van der Waals surface area contributed by atoms with Crippen molar-refractivity contribution in [2.45, 2.75) is 12.0 Å². The zero-order valence-electron chi connectivity index (χ0n) is 12.9. The lowest BCUT2D eigenvalue weighted by Gasteiger charge is -2.39. The van der Waals surface area contributed by atoms with Gasteiger partial charge in [-0.2, -0.15) is 0 Å². The van der Waals surface area contributed by atoms with Gasteiger partial charge in [-0.05, 0) is 35.2 Å². The summed E-state index contributed by atoms with van der Waals surface area (Å²) in [5.41, 5.74) is 2.67. The average molecular weight is 299 g/mol. The number of ether oxygens (including phenoxy) is 2. The molecule has 0 spiro atoms. The molecule has 1 atom stereocenters. The number of hydrogen-bond donors (Lipinski definition) is 2. The van der Waals surface area contributed by atoms with Crippen LogP contribution in [0.1, 0.15) is 16.7 Å². The fourth-order valence-corrected chi connectivity index (χ4v) is 3.24. The van der Waals surface area contributed by atoms with Crippen LogP contribution in [0.15, 0.2) is 42.5 Å². The standard InChI is InChI=1S/C18H21NO3/c1-21-16-10-13-8-9-19-18(12-20,14-6-4-3-5-7-14)15(13)11-17(16)22-2/h3-7,10-11,19-20H,8-9,12H2,1-2H3/t18-/m0/s1. The first kappa shape index (κ1) is 14.9. The molecule has 0 amide bonds. The van der Waals surface area contributed by atoms with Gasteiger partial charge in [0.1, 0.15) is 0 Å². The van der Waals surface area contributed by atoms with Crippen LogP contribution in [0.2, 0.25) is 0 Å². The Morgan fingerprint density at radius 1 is 1.09 bits per heavy atom. The Kier molecular flexibility index (Phi) is 4.05. The Balaban J connectivity index is 2.21. The van der Waals surface area contributed by atoms with Crippen molar-refractivity contribution in [2.24, 2.45) is 0 Å². The summed E-state index contributed by atoms with van der Waals surface area (Å²) < 4.78 is 10.8. The Morgan fingerprint density at radius 3 is 2.41 bits per heavy atom. The van der Waals surface area contributed by atoms with Crippen molar-refractivity contribution >= 4 is 0 Å². The van der Waals surface area contributed by atoms with E-state index in [1.165, 1.54) is 5.56 Å². The summed E-state index contributed by atoms with van der Waals surface area (Å²) in [6.07, 6.45) is 0.893. The van der Waals surface area contributed by atoms with Crippen molar-refractivity contribution in [1.82, 2.24) is 5.32 Å². The van der Waals surface area contributed by atoms with E-state index in [1.807, 2.05) is 42.5 Å². The van der Waals surface area contributed by atoms with Gasteiger partial charge in [0.2, 0.25) is 0 Å². The van der Waals surface area contributed by atoms with Crippen molar-refractivity contribution in [3.05, 3.63) is 59.2 Å². The number of aliphatic hydroxyl groups excluding tert-OH is 1. The highest BCUT2D eigenvalue weighted by Crippen LogP contribution is 2.40. The topological polar surface area (TPSA) is 50.7 Å². The number of hydrogen-bond acceptors (Lipinski definition) is 4.